The average Bonchev–Trinajstić information content (AvgIpc) is 3.07. The largest absolute Gasteiger partial charge is 0.466 e. The molecular weight excluding hydrogens is 325 g/mol. The van der Waals surface area contributed by atoms with Gasteiger partial charge in [0.25, 0.3) is 0 Å². The molecule has 132 valence electrons. The molecule has 0 spiro atoms. The molecule has 3 rings (SSSR count). The summed E-state index contributed by atoms with van der Waals surface area (Å²) >= 11 is 0. The molecule has 2 atom stereocenters. The van der Waals surface area contributed by atoms with Gasteiger partial charge in [-0.15, -0.1) is 0 Å². The summed E-state index contributed by atoms with van der Waals surface area (Å²) in [7, 11) is 0.666. The van der Waals surface area contributed by atoms with E-state index in [2.05, 4.69) is 6.08 Å². The van der Waals surface area contributed by atoms with Crippen LogP contribution in [0.3, 0.4) is 0 Å². The van der Waals surface area contributed by atoms with Crippen molar-refractivity contribution in [3.05, 3.63) is 90.0 Å². The number of hydrogen-bond acceptors (Lipinski definition) is 4. The monoisotopic (exact) mass is 347 g/mol. The maximum atomic E-state index is 11.6. The summed E-state index contributed by atoms with van der Waals surface area (Å²) in [5, 5.41) is 10.5. The van der Waals surface area contributed by atoms with Crippen molar-refractivity contribution in [3.8, 4) is 0 Å². The van der Waals surface area contributed by atoms with Crippen LogP contribution < -0.4 is 0 Å². The number of esters is 1. The Morgan fingerprint density at radius 2 is 1.73 bits per heavy atom. The molecule has 2 aromatic carbocycles. The fraction of sp³-hybridized carbons (Fsp3) is 0.190. The van der Waals surface area contributed by atoms with Crippen LogP contribution in [-0.2, 0) is 9.53 Å². The van der Waals surface area contributed by atoms with Gasteiger partial charge in [-0.25, -0.2) is 4.79 Å². The molecule has 1 aliphatic heterocycles. The molecule has 0 bridgehead atoms. The first kappa shape index (κ1) is 18.2. The third-order valence-electron chi connectivity index (χ3n) is 4.59. The molecule has 2 aromatic rings. The molecule has 0 radical (unpaired) electrons. The molecule has 1 N–H and O–H groups in total. The van der Waals surface area contributed by atoms with E-state index in [9.17, 15) is 9.82 Å². The SMILES string of the molecule is COC(=O)/C=C/C1C(c2ccccc2)=CC(c2ccccc2)N1B(C)O. The van der Waals surface area contributed by atoms with Crippen molar-refractivity contribution < 1.29 is 14.6 Å². The van der Waals surface area contributed by atoms with Crippen LogP contribution in [0.2, 0.25) is 6.82 Å². The smallest absolute Gasteiger partial charge is 0.377 e. The normalized spacial score (nSPS) is 20.2. The van der Waals surface area contributed by atoms with E-state index in [1.807, 2.05) is 65.5 Å². The molecular formula is C21H22BNO3. The second-order valence-corrected chi connectivity index (χ2v) is 6.25. The summed E-state index contributed by atoms with van der Waals surface area (Å²) in [6.07, 6.45) is 5.37. The van der Waals surface area contributed by atoms with Crippen LogP contribution >= 0.6 is 0 Å². The van der Waals surface area contributed by atoms with Gasteiger partial charge in [0.1, 0.15) is 0 Å². The first-order chi connectivity index (χ1) is 12.6. The fourth-order valence-corrected chi connectivity index (χ4v) is 3.41. The number of benzene rings is 2. The molecule has 4 nitrogen and oxygen atoms in total. The molecule has 0 aromatic heterocycles. The summed E-state index contributed by atoms with van der Waals surface area (Å²) in [4.78, 5) is 13.6. The van der Waals surface area contributed by atoms with Crippen molar-refractivity contribution in [1.29, 1.82) is 0 Å². The number of rotatable bonds is 5. The van der Waals surface area contributed by atoms with E-state index >= 15 is 0 Å². The van der Waals surface area contributed by atoms with Gasteiger partial charge >= 0.3 is 13.0 Å². The Kier molecular flexibility index (Phi) is 5.71. The molecule has 5 heteroatoms. The number of hydrogen-bond donors (Lipinski definition) is 1. The van der Waals surface area contributed by atoms with Crippen LogP contribution in [0.4, 0.5) is 0 Å². The van der Waals surface area contributed by atoms with E-state index in [0.29, 0.717) is 0 Å². The van der Waals surface area contributed by atoms with Crippen LogP contribution in [0.25, 0.3) is 5.57 Å². The highest BCUT2D eigenvalue weighted by Crippen LogP contribution is 2.40. The zero-order valence-corrected chi connectivity index (χ0v) is 14.9. The number of nitrogens with zero attached hydrogens (tertiary/aromatic N) is 1. The van der Waals surface area contributed by atoms with Crippen molar-refractivity contribution >= 4 is 18.6 Å². The second-order valence-electron chi connectivity index (χ2n) is 6.25. The Bertz CT molecular complexity index is 803. The van der Waals surface area contributed by atoms with Gasteiger partial charge in [-0.3, -0.25) is 4.81 Å². The molecule has 0 aliphatic carbocycles. The van der Waals surface area contributed by atoms with E-state index < -0.39 is 13.0 Å². The molecule has 1 aliphatic rings. The lowest BCUT2D eigenvalue weighted by molar-refractivity contribution is -0.134. The maximum Gasteiger partial charge on any atom is 0.377 e. The minimum absolute atomic E-state index is 0.0845. The molecule has 0 saturated heterocycles. The highest BCUT2D eigenvalue weighted by atomic mass is 16.5. The highest BCUT2D eigenvalue weighted by Gasteiger charge is 2.38. The summed E-state index contributed by atoms with van der Waals surface area (Å²) in [5.41, 5.74) is 3.22. The Hall–Kier alpha value is -2.63. The first-order valence-corrected chi connectivity index (χ1v) is 8.65. The summed E-state index contributed by atoms with van der Waals surface area (Å²) in [6, 6.07) is 19.8. The van der Waals surface area contributed by atoms with Gasteiger partial charge in [0, 0.05) is 18.2 Å². The quantitative estimate of drug-likeness (QED) is 0.512. The number of carbonyl (C=O) groups excluding carboxylic acids is 1. The third kappa shape index (κ3) is 3.79. The zero-order valence-electron chi connectivity index (χ0n) is 14.9. The van der Waals surface area contributed by atoms with Gasteiger partial charge in [0.15, 0.2) is 0 Å². The van der Waals surface area contributed by atoms with Crippen molar-refractivity contribution in [2.45, 2.75) is 18.9 Å². The van der Waals surface area contributed by atoms with E-state index in [0.717, 1.165) is 16.7 Å². The molecule has 0 amide bonds. The molecule has 1 heterocycles. The molecule has 2 unspecified atom stereocenters. The van der Waals surface area contributed by atoms with Gasteiger partial charge in [0.05, 0.1) is 7.11 Å². The zero-order chi connectivity index (χ0) is 18.5. The van der Waals surface area contributed by atoms with Crippen molar-refractivity contribution in [1.82, 2.24) is 4.81 Å². The van der Waals surface area contributed by atoms with Gasteiger partial charge in [0.2, 0.25) is 0 Å². The Morgan fingerprint density at radius 1 is 1.12 bits per heavy atom. The standard InChI is InChI=1S/C21H22BNO3/c1-22(25)23-19(13-14-21(24)26-2)18(16-9-5-3-6-10-16)15-20(23)17-11-7-4-8-12-17/h3-15,19-20,25H,1-2H3/b14-13+. The van der Waals surface area contributed by atoms with Crippen molar-refractivity contribution in [2.24, 2.45) is 0 Å². The summed E-state index contributed by atoms with van der Waals surface area (Å²) in [5.74, 6) is -0.411. The van der Waals surface area contributed by atoms with Gasteiger partial charge in [-0.2, -0.15) is 0 Å². The van der Waals surface area contributed by atoms with Gasteiger partial charge in [-0.05, 0) is 23.5 Å². The number of methoxy groups -OCH3 is 1. The van der Waals surface area contributed by atoms with Gasteiger partial charge in [-0.1, -0.05) is 72.8 Å². The number of carbonyl (C=O) groups is 1. The van der Waals surface area contributed by atoms with Crippen LogP contribution in [-0.4, -0.2) is 36.0 Å². The van der Waals surface area contributed by atoms with Crippen LogP contribution in [0.15, 0.2) is 78.9 Å². The Balaban J connectivity index is 2.07. The van der Waals surface area contributed by atoms with E-state index in [1.165, 1.54) is 13.2 Å². The topological polar surface area (TPSA) is 49.8 Å². The van der Waals surface area contributed by atoms with Crippen molar-refractivity contribution in [2.75, 3.05) is 7.11 Å². The van der Waals surface area contributed by atoms with E-state index in [1.54, 1.807) is 12.9 Å². The molecule has 26 heavy (non-hydrogen) atoms. The lowest BCUT2D eigenvalue weighted by Gasteiger charge is -2.31. The predicted molar refractivity (Wildman–Crippen MR) is 104 cm³/mol. The fourth-order valence-electron chi connectivity index (χ4n) is 3.41. The van der Waals surface area contributed by atoms with Crippen molar-refractivity contribution in [3.63, 3.8) is 0 Å². The van der Waals surface area contributed by atoms with Crippen LogP contribution in [0.1, 0.15) is 17.2 Å². The predicted octanol–water partition coefficient (Wildman–Crippen LogP) is 3.34. The molecule has 0 fully saturated rings. The minimum Gasteiger partial charge on any atom is -0.466 e. The minimum atomic E-state index is -0.690. The van der Waals surface area contributed by atoms with Crippen LogP contribution in [0, 0.1) is 0 Å². The summed E-state index contributed by atoms with van der Waals surface area (Å²) < 4.78 is 4.73. The lowest BCUT2D eigenvalue weighted by atomic mass is 9.80. The highest BCUT2D eigenvalue weighted by molar-refractivity contribution is 6.46. The second kappa shape index (κ2) is 8.17. The van der Waals surface area contributed by atoms with Crippen LogP contribution in [0.5, 0.6) is 0 Å². The first-order valence-electron chi connectivity index (χ1n) is 8.65. The lowest BCUT2D eigenvalue weighted by Crippen LogP contribution is -2.43. The Labute approximate surface area is 154 Å². The third-order valence-corrected chi connectivity index (χ3v) is 4.59. The van der Waals surface area contributed by atoms with E-state index in [4.69, 9.17) is 4.74 Å². The maximum absolute atomic E-state index is 11.6. The average molecular weight is 347 g/mol. The summed E-state index contributed by atoms with van der Waals surface area (Å²) in [6.45, 7) is 1.75. The molecule has 0 saturated carbocycles. The number of ether oxygens (including phenoxy) is 1. The van der Waals surface area contributed by atoms with E-state index in [-0.39, 0.29) is 12.1 Å². The van der Waals surface area contributed by atoms with Gasteiger partial charge < -0.3 is 9.76 Å². The Morgan fingerprint density at radius 3 is 2.31 bits per heavy atom.